The number of rotatable bonds is 0. The predicted octanol–water partition coefficient (Wildman–Crippen LogP) is 0.257. The summed E-state index contributed by atoms with van der Waals surface area (Å²) in [6, 6.07) is 0. The Morgan fingerprint density at radius 3 is 2.25 bits per heavy atom. The molecule has 1 saturated heterocycles. The molecule has 8 heavy (non-hydrogen) atoms. The van der Waals surface area contributed by atoms with Crippen molar-refractivity contribution >= 4 is 0 Å². The Bertz CT molecular complexity index is 88.5. The van der Waals surface area contributed by atoms with Crippen LogP contribution < -0.4 is 5.32 Å². The van der Waals surface area contributed by atoms with Crippen LogP contribution in [0.1, 0.15) is 13.8 Å². The largest absolute Gasteiger partial charge is 0.302 e. The van der Waals surface area contributed by atoms with Crippen molar-refractivity contribution in [2.24, 2.45) is 0 Å². The van der Waals surface area contributed by atoms with Gasteiger partial charge in [0, 0.05) is 18.8 Å². The van der Waals surface area contributed by atoms with Crippen LogP contribution in [0.25, 0.3) is 0 Å². The Labute approximate surface area is 50.9 Å². The summed E-state index contributed by atoms with van der Waals surface area (Å²) in [7, 11) is 2.14. The molecule has 1 N–H and O–H groups in total. The first-order valence-electron chi connectivity index (χ1n) is 3.05. The summed E-state index contributed by atoms with van der Waals surface area (Å²) in [5, 5.41) is 3.29. The molecule has 48 valence electrons. The fourth-order valence-electron chi connectivity index (χ4n) is 0.878. The van der Waals surface area contributed by atoms with Gasteiger partial charge < -0.3 is 5.32 Å². The van der Waals surface area contributed by atoms with E-state index in [1.807, 2.05) is 0 Å². The van der Waals surface area contributed by atoms with Gasteiger partial charge in [0.1, 0.15) is 0 Å². The minimum atomic E-state index is 0.375. The van der Waals surface area contributed by atoms with Gasteiger partial charge in [-0.25, -0.2) is 0 Å². The lowest BCUT2D eigenvalue weighted by molar-refractivity contribution is 0.229. The molecule has 1 fully saturated rings. The van der Waals surface area contributed by atoms with Crippen molar-refractivity contribution in [2.75, 3.05) is 20.3 Å². The second kappa shape index (κ2) is 1.71. The second-order valence-electron chi connectivity index (χ2n) is 3.10. The zero-order valence-corrected chi connectivity index (χ0v) is 5.86. The van der Waals surface area contributed by atoms with Gasteiger partial charge in [0.25, 0.3) is 0 Å². The number of nitrogens with one attached hydrogen (secondary N) is 1. The van der Waals surface area contributed by atoms with Crippen LogP contribution in [-0.2, 0) is 0 Å². The summed E-state index contributed by atoms with van der Waals surface area (Å²) in [4.78, 5) is 2.31. The molecule has 0 bridgehead atoms. The minimum absolute atomic E-state index is 0.375. The summed E-state index contributed by atoms with van der Waals surface area (Å²) < 4.78 is 0. The van der Waals surface area contributed by atoms with Crippen molar-refractivity contribution in [2.45, 2.75) is 19.4 Å². The molecule has 2 nitrogen and oxygen atoms in total. The molecule has 0 radical (unpaired) electrons. The van der Waals surface area contributed by atoms with Crippen LogP contribution in [0.4, 0.5) is 0 Å². The average molecular weight is 114 g/mol. The van der Waals surface area contributed by atoms with Crippen LogP contribution in [0.3, 0.4) is 0 Å². The topological polar surface area (TPSA) is 15.3 Å². The van der Waals surface area contributed by atoms with E-state index in [2.05, 4.69) is 31.1 Å². The van der Waals surface area contributed by atoms with Gasteiger partial charge in [-0.1, -0.05) is 0 Å². The number of hydrogen-bond donors (Lipinski definition) is 1. The third kappa shape index (κ3) is 0.858. The molecule has 0 aromatic rings. The van der Waals surface area contributed by atoms with E-state index in [9.17, 15) is 0 Å². The molecule has 1 aliphatic rings. The summed E-state index contributed by atoms with van der Waals surface area (Å²) in [5.74, 6) is 0. The fraction of sp³-hybridized carbons (Fsp3) is 1.00. The average Bonchev–Trinajstić information content (AvgIpc) is 1.86. The first-order valence-corrected chi connectivity index (χ1v) is 3.05. The molecule has 1 aliphatic heterocycles. The van der Waals surface area contributed by atoms with E-state index in [-0.39, 0.29) is 0 Å². The van der Waals surface area contributed by atoms with E-state index in [1.54, 1.807) is 0 Å². The highest BCUT2D eigenvalue weighted by atomic mass is 15.3. The van der Waals surface area contributed by atoms with Crippen LogP contribution in [0.15, 0.2) is 0 Å². The smallest absolute Gasteiger partial charge is 0.0483 e. The lowest BCUT2D eigenvalue weighted by atomic mass is 10.1. The minimum Gasteiger partial charge on any atom is -0.302 e. The van der Waals surface area contributed by atoms with E-state index in [0.717, 1.165) is 13.2 Å². The SMILES string of the molecule is CN1CNCC1(C)C. The van der Waals surface area contributed by atoms with E-state index >= 15 is 0 Å². The van der Waals surface area contributed by atoms with Gasteiger partial charge >= 0.3 is 0 Å². The van der Waals surface area contributed by atoms with Crippen molar-refractivity contribution in [3.63, 3.8) is 0 Å². The quantitative estimate of drug-likeness (QED) is 0.486. The van der Waals surface area contributed by atoms with Gasteiger partial charge in [0.2, 0.25) is 0 Å². The molecule has 0 aliphatic carbocycles. The zero-order chi connectivity index (χ0) is 6.20. The lowest BCUT2D eigenvalue weighted by Gasteiger charge is -2.25. The van der Waals surface area contributed by atoms with Crippen molar-refractivity contribution in [1.29, 1.82) is 0 Å². The first-order chi connectivity index (χ1) is 3.63. The van der Waals surface area contributed by atoms with Crippen molar-refractivity contribution in [1.82, 2.24) is 10.2 Å². The van der Waals surface area contributed by atoms with E-state index < -0.39 is 0 Å². The monoisotopic (exact) mass is 114 g/mol. The van der Waals surface area contributed by atoms with Crippen LogP contribution in [-0.4, -0.2) is 30.7 Å². The highest BCUT2D eigenvalue weighted by Crippen LogP contribution is 2.13. The highest BCUT2D eigenvalue weighted by molar-refractivity contribution is 4.86. The third-order valence-corrected chi connectivity index (χ3v) is 1.94. The normalized spacial score (nSPS) is 28.9. The van der Waals surface area contributed by atoms with Gasteiger partial charge in [0.15, 0.2) is 0 Å². The number of likely N-dealkylation sites (N-methyl/N-ethyl adjacent to an activating group) is 1. The lowest BCUT2D eigenvalue weighted by Crippen LogP contribution is -2.36. The molecule has 0 aromatic heterocycles. The van der Waals surface area contributed by atoms with E-state index in [1.165, 1.54) is 0 Å². The van der Waals surface area contributed by atoms with Crippen LogP contribution in [0.5, 0.6) is 0 Å². The Balaban J connectivity index is 2.54. The molecule has 0 aromatic carbocycles. The molecule has 0 spiro atoms. The standard InChI is InChI=1S/C6H14N2/c1-6(2)4-7-5-8(6)3/h7H,4-5H2,1-3H3. The van der Waals surface area contributed by atoms with Crippen LogP contribution in [0, 0.1) is 0 Å². The van der Waals surface area contributed by atoms with Crippen molar-refractivity contribution in [3.05, 3.63) is 0 Å². The van der Waals surface area contributed by atoms with E-state index in [4.69, 9.17) is 0 Å². The number of hydrogen-bond acceptors (Lipinski definition) is 2. The molecule has 2 heteroatoms. The maximum Gasteiger partial charge on any atom is 0.0483 e. The molecular formula is C6H14N2. The maximum atomic E-state index is 3.29. The van der Waals surface area contributed by atoms with E-state index in [0.29, 0.717) is 5.54 Å². The van der Waals surface area contributed by atoms with Crippen molar-refractivity contribution in [3.8, 4) is 0 Å². The summed E-state index contributed by atoms with van der Waals surface area (Å²) in [6.45, 7) is 6.64. The molecule has 0 unspecified atom stereocenters. The third-order valence-electron chi connectivity index (χ3n) is 1.94. The maximum absolute atomic E-state index is 3.29. The molecule has 0 saturated carbocycles. The van der Waals surface area contributed by atoms with Crippen LogP contribution in [0.2, 0.25) is 0 Å². The first kappa shape index (κ1) is 6.05. The van der Waals surface area contributed by atoms with Gasteiger partial charge in [-0.2, -0.15) is 0 Å². The molecule has 1 heterocycles. The summed E-state index contributed by atoms with van der Waals surface area (Å²) in [6.07, 6.45) is 0. The Morgan fingerprint density at radius 2 is 2.12 bits per heavy atom. The highest BCUT2D eigenvalue weighted by Gasteiger charge is 2.27. The Morgan fingerprint density at radius 1 is 1.50 bits per heavy atom. The van der Waals surface area contributed by atoms with Gasteiger partial charge in [-0.05, 0) is 20.9 Å². The van der Waals surface area contributed by atoms with Crippen LogP contribution >= 0.6 is 0 Å². The molecule has 0 atom stereocenters. The molecule has 1 rings (SSSR count). The summed E-state index contributed by atoms with van der Waals surface area (Å²) in [5.41, 5.74) is 0.375. The van der Waals surface area contributed by atoms with Crippen molar-refractivity contribution < 1.29 is 0 Å². The number of nitrogens with zero attached hydrogens (tertiary/aromatic N) is 1. The predicted molar refractivity (Wildman–Crippen MR) is 34.7 cm³/mol. The second-order valence-corrected chi connectivity index (χ2v) is 3.10. The fourth-order valence-corrected chi connectivity index (χ4v) is 0.878. The van der Waals surface area contributed by atoms with Gasteiger partial charge in [0.05, 0.1) is 0 Å². The van der Waals surface area contributed by atoms with Gasteiger partial charge in [-0.3, -0.25) is 4.90 Å². The van der Waals surface area contributed by atoms with Gasteiger partial charge in [-0.15, -0.1) is 0 Å². The molecule has 0 amide bonds. The molecular weight excluding hydrogens is 100 g/mol. The summed E-state index contributed by atoms with van der Waals surface area (Å²) >= 11 is 0. The zero-order valence-electron chi connectivity index (χ0n) is 5.86. The Kier molecular flexibility index (Phi) is 1.29. The Hall–Kier alpha value is -0.0800.